The molecule has 1 heterocycles. The maximum Gasteiger partial charge on any atom is 0.303 e. The molecule has 0 N–H and O–H groups in total. The summed E-state index contributed by atoms with van der Waals surface area (Å²) in [5, 5.41) is 0. The molecule has 0 fully saturated rings. The van der Waals surface area contributed by atoms with Crippen LogP contribution in [0.2, 0.25) is 0 Å². The standard InChI is InChI=1S/C17H13NO2/c1-12-15(13-8-4-2-5-9-13)18(17(20)16(12)19)14-10-6-3-7-11-14/h2-11H,1H3. The summed E-state index contributed by atoms with van der Waals surface area (Å²) in [6, 6.07) is 18.7. The minimum absolute atomic E-state index is 0.437. The molecule has 0 bridgehead atoms. The number of anilines is 1. The topological polar surface area (TPSA) is 37.4 Å². The molecular weight excluding hydrogens is 250 g/mol. The molecule has 3 nitrogen and oxygen atoms in total. The molecule has 0 saturated carbocycles. The molecule has 0 aromatic heterocycles. The molecule has 0 unspecified atom stereocenters. The van der Waals surface area contributed by atoms with E-state index in [1.54, 1.807) is 6.92 Å². The van der Waals surface area contributed by atoms with E-state index >= 15 is 0 Å². The Balaban J connectivity index is 2.18. The van der Waals surface area contributed by atoms with Gasteiger partial charge in [0.15, 0.2) is 0 Å². The Bertz CT molecular complexity index is 702. The zero-order valence-electron chi connectivity index (χ0n) is 11.0. The SMILES string of the molecule is CC1=C(c2ccccc2)N(c2ccccc2)C(=O)C1=O. The number of ketones is 1. The average Bonchev–Trinajstić information content (AvgIpc) is 2.73. The first-order valence-electron chi connectivity index (χ1n) is 6.40. The predicted molar refractivity (Wildman–Crippen MR) is 78.0 cm³/mol. The van der Waals surface area contributed by atoms with Gasteiger partial charge < -0.3 is 0 Å². The van der Waals surface area contributed by atoms with Crippen molar-refractivity contribution in [3.63, 3.8) is 0 Å². The third-order valence-electron chi connectivity index (χ3n) is 3.38. The number of carbonyl (C=O) groups is 2. The number of carbonyl (C=O) groups excluding carboxylic acids is 2. The van der Waals surface area contributed by atoms with Crippen LogP contribution in [0.5, 0.6) is 0 Å². The van der Waals surface area contributed by atoms with Gasteiger partial charge in [-0.1, -0.05) is 48.5 Å². The second-order valence-corrected chi connectivity index (χ2v) is 4.64. The molecule has 1 amide bonds. The van der Waals surface area contributed by atoms with Gasteiger partial charge in [0, 0.05) is 11.3 Å². The molecular formula is C17H13NO2. The summed E-state index contributed by atoms with van der Waals surface area (Å²) in [6.07, 6.45) is 0. The minimum Gasteiger partial charge on any atom is -0.283 e. The summed E-state index contributed by atoms with van der Waals surface area (Å²) >= 11 is 0. The minimum atomic E-state index is -0.493. The number of hydrogen-bond donors (Lipinski definition) is 0. The Labute approximate surface area is 117 Å². The molecule has 0 saturated heterocycles. The fraction of sp³-hybridized carbons (Fsp3) is 0.0588. The van der Waals surface area contributed by atoms with Crippen LogP contribution in [0.15, 0.2) is 66.2 Å². The summed E-state index contributed by atoms with van der Waals surface area (Å²) < 4.78 is 0. The number of nitrogens with zero attached hydrogens (tertiary/aromatic N) is 1. The monoisotopic (exact) mass is 263 g/mol. The molecule has 1 aliphatic heterocycles. The van der Waals surface area contributed by atoms with Crippen LogP contribution in [0, 0.1) is 0 Å². The van der Waals surface area contributed by atoms with E-state index in [1.807, 2.05) is 60.7 Å². The number of Topliss-reactive ketones (excluding diaryl/α,β-unsaturated/α-hetero) is 1. The molecule has 98 valence electrons. The van der Waals surface area contributed by atoms with Crippen molar-refractivity contribution in [2.45, 2.75) is 6.92 Å². The molecule has 2 aromatic rings. The predicted octanol–water partition coefficient (Wildman–Crippen LogP) is 3.03. The first kappa shape index (κ1) is 12.4. The largest absolute Gasteiger partial charge is 0.303 e. The van der Waals surface area contributed by atoms with Crippen molar-refractivity contribution in [1.82, 2.24) is 0 Å². The fourth-order valence-corrected chi connectivity index (χ4v) is 2.40. The Morgan fingerprint density at radius 1 is 0.800 bits per heavy atom. The molecule has 2 aromatic carbocycles. The molecule has 0 spiro atoms. The van der Waals surface area contributed by atoms with Gasteiger partial charge in [0.25, 0.3) is 0 Å². The zero-order chi connectivity index (χ0) is 14.1. The summed E-state index contributed by atoms with van der Waals surface area (Å²) in [6.45, 7) is 1.70. The highest BCUT2D eigenvalue weighted by Gasteiger charge is 2.37. The Kier molecular flexibility index (Phi) is 2.95. The maximum absolute atomic E-state index is 12.2. The van der Waals surface area contributed by atoms with Crippen molar-refractivity contribution in [2.24, 2.45) is 0 Å². The second kappa shape index (κ2) is 4.78. The number of para-hydroxylation sites is 1. The van der Waals surface area contributed by atoms with E-state index in [0.29, 0.717) is 17.0 Å². The van der Waals surface area contributed by atoms with Gasteiger partial charge in [-0.3, -0.25) is 14.5 Å². The molecule has 0 atom stereocenters. The van der Waals surface area contributed by atoms with Crippen molar-refractivity contribution in [1.29, 1.82) is 0 Å². The first-order valence-corrected chi connectivity index (χ1v) is 6.40. The second-order valence-electron chi connectivity index (χ2n) is 4.64. The quantitative estimate of drug-likeness (QED) is 0.781. The molecule has 3 heteroatoms. The Hall–Kier alpha value is -2.68. The maximum atomic E-state index is 12.2. The van der Waals surface area contributed by atoms with Crippen molar-refractivity contribution in [3.05, 3.63) is 71.8 Å². The van der Waals surface area contributed by atoms with Crippen LogP contribution in [0.4, 0.5) is 5.69 Å². The lowest BCUT2D eigenvalue weighted by molar-refractivity contribution is -0.132. The van der Waals surface area contributed by atoms with Gasteiger partial charge in [-0.05, 0) is 24.6 Å². The van der Waals surface area contributed by atoms with Crippen molar-refractivity contribution >= 4 is 23.1 Å². The fourth-order valence-electron chi connectivity index (χ4n) is 2.40. The van der Waals surface area contributed by atoms with Gasteiger partial charge in [0.1, 0.15) is 0 Å². The van der Waals surface area contributed by atoms with E-state index in [9.17, 15) is 9.59 Å². The van der Waals surface area contributed by atoms with E-state index < -0.39 is 11.7 Å². The Morgan fingerprint density at radius 2 is 1.35 bits per heavy atom. The van der Waals surface area contributed by atoms with Crippen LogP contribution in [-0.2, 0) is 9.59 Å². The summed E-state index contributed by atoms with van der Waals surface area (Å²) in [4.78, 5) is 25.8. The van der Waals surface area contributed by atoms with Crippen molar-refractivity contribution in [3.8, 4) is 0 Å². The van der Waals surface area contributed by atoms with E-state index in [0.717, 1.165) is 5.56 Å². The lowest BCUT2D eigenvalue weighted by atomic mass is 10.1. The number of hydrogen-bond acceptors (Lipinski definition) is 2. The van der Waals surface area contributed by atoms with E-state index in [4.69, 9.17) is 0 Å². The zero-order valence-corrected chi connectivity index (χ0v) is 11.0. The first-order chi connectivity index (χ1) is 9.70. The van der Waals surface area contributed by atoms with Gasteiger partial charge >= 0.3 is 5.91 Å². The van der Waals surface area contributed by atoms with Crippen molar-refractivity contribution in [2.75, 3.05) is 4.90 Å². The lowest BCUT2D eigenvalue weighted by Gasteiger charge is -2.20. The van der Waals surface area contributed by atoms with Crippen molar-refractivity contribution < 1.29 is 9.59 Å². The highest BCUT2D eigenvalue weighted by Crippen LogP contribution is 2.34. The average molecular weight is 263 g/mol. The van der Waals surface area contributed by atoms with E-state index in [2.05, 4.69) is 0 Å². The van der Waals surface area contributed by atoms with Crippen LogP contribution in [0.3, 0.4) is 0 Å². The van der Waals surface area contributed by atoms with Crippen LogP contribution >= 0.6 is 0 Å². The van der Waals surface area contributed by atoms with Crippen LogP contribution in [-0.4, -0.2) is 11.7 Å². The number of amides is 1. The van der Waals surface area contributed by atoms with E-state index in [-0.39, 0.29) is 0 Å². The number of benzene rings is 2. The smallest absolute Gasteiger partial charge is 0.283 e. The normalized spacial score (nSPS) is 15.2. The number of rotatable bonds is 2. The van der Waals surface area contributed by atoms with Crippen LogP contribution in [0.1, 0.15) is 12.5 Å². The molecule has 0 radical (unpaired) electrons. The van der Waals surface area contributed by atoms with E-state index in [1.165, 1.54) is 4.90 Å². The molecule has 20 heavy (non-hydrogen) atoms. The Morgan fingerprint density at radius 3 is 1.95 bits per heavy atom. The third-order valence-corrected chi connectivity index (χ3v) is 3.38. The summed E-state index contributed by atoms with van der Waals surface area (Å²) in [5.74, 6) is -0.930. The lowest BCUT2D eigenvalue weighted by Crippen LogP contribution is -2.28. The van der Waals surface area contributed by atoms with Crippen LogP contribution in [0.25, 0.3) is 5.70 Å². The highest BCUT2D eigenvalue weighted by molar-refractivity contribution is 6.54. The van der Waals surface area contributed by atoms with Gasteiger partial charge in [0.2, 0.25) is 5.78 Å². The molecule has 0 aliphatic carbocycles. The van der Waals surface area contributed by atoms with Gasteiger partial charge in [0.05, 0.1) is 5.70 Å². The van der Waals surface area contributed by atoms with Gasteiger partial charge in [-0.2, -0.15) is 0 Å². The third kappa shape index (κ3) is 1.84. The molecule has 1 aliphatic rings. The summed E-state index contributed by atoms with van der Waals surface area (Å²) in [7, 11) is 0. The highest BCUT2D eigenvalue weighted by atomic mass is 16.2. The summed E-state index contributed by atoms with van der Waals surface area (Å²) in [5.41, 5.74) is 2.74. The van der Waals surface area contributed by atoms with Crippen LogP contribution < -0.4 is 4.90 Å². The van der Waals surface area contributed by atoms with Gasteiger partial charge in [-0.25, -0.2) is 0 Å². The molecule has 3 rings (SSSR count). The van der Waals surface area contributed by atoms with Gasteiger partial charge in [-0.15, -0.1) is 0 Å².